The Morgan fingerprint density at radius 1 is 1.14 bits per heavy atom. The van der Waals surface area contributed by atoms with Crippen LogP contribution in [0.3, 0.4) is 0 Å². The van der Waals surface area contributed by atoms with Crippen molar-refractivity contribution in [3.63, 3.8) is 0 Å². The summed E-state index contributed by atoms with van der Waals surface area (Å²) < 4.78 is 13.4. The summed E-state index contributed by atoms with van der Waals surface area (Å²) in [6.45, 7) is 10.2. The molecule has 0 radical (unpaired) electrons. The van der Waals surface area contributed by atoms with Gasteiger partial charge in [-0.3, -0.25) is 9.48 Å². The van der Waals surface area contributed by atoms with Crippen LogP contribution < -0.4 is 10.1 Å². The molecule has 0 amide bonds. The van der Waals surface area contributed by atoms with Gasteiger partial charge in [-0.15, -0.1) is 0 Å². The van der Waals surface area contributed by atoms with Gasteiger partial charge in [-0.25, -0.2) is 19.9 Å². The molecule has 0 bridgehead atoms. The molecule has 3 aromatic rings. The number of ether oxygens (including phenoxy) is 2. The van der Waals surface area contributed by atoms with Crippen LogP contribution in [-0.4, -0.2) is 52.9 Å². The van der Waals surface area contributed by atoms with E-state index in [1.807, 2.05) is 41.7 Å². The fourth-order valence-corrected chi connectivity index (χ4v) is 4.37. The first-order valence-corrected chi connectivity index (χ1v) is 12.9. The molecule has 198 valence electrons. The molecular weight excluding hydrogens is 472 g/mol. The zero-order valence-corrected chi connectivity index (χ0v) is 22.4. The third-order valence-corrected chi connectivity index (χ3v) is 6.36. The van der Waals surface area contributed by atoms with Gasteiger partial charge in [0.25, 0.3) is 0 Å². The number of nitrogens with one attached hydrogen (secondary N) is 1. The van der Waals surface area contributed by atoms with Crippen LogP contribution in [0.4, 0.5) is 5.95 Å². The van der Waals surface area contributed by atoms with Gasteiger partial charge in [0.05, 0.1) is 54.0 Å². The van der Waals surface area contributed by atoms with Gasteiger partial charge in [0.1, 0.15) is 12.2 Å². The zero-order valence-electron chi connectivity index (χ0n) is 22.4. The molecule has 1 aliphatic carbocycles. The van der Waals surface area contributed by atoms with Crippen LogP contribution in [0, 0.1) is 12.8 Å². The normalized spacial score (nSPS) is 17.7. The third-order valence-electron chi connectivity index (χ3n) is 6.36. The SMILES string of the molecule is Cc1nc(-c2cnn(C)c2CNc2ncnc(C(C)C)n2)ncc1O[C@H]1CCC[C@H](C(=O)OC(C)C)C1. The van der Waals surface area contributed by atoms with Gasteiger partial charge in [0.2, 0.25) is 5.95 Å². The molecule has 0 saturated heterocycles. The molecule has 1 N–H and O–H groups in total. The summed E-state index contributed by atoms with van der Waals surface area (Å²) in [5, 5.41) is 7.67. The molecule has 11 nitrogen and oxygen atoms in total. The predicted molar refractivity (Wildman–Crippen MR) is 138 cm³/mol. The van der Waals surface area contributed by atoms with E-state index in [1.54, 1.807) is 17.1 Å². The van der Waals surface area contributed by atoms with Gasteiger partial charge in [-0.05, 0) is 46.5 Å². The van der Waals surface area contributed by atoms with E-state index in [2.05, 4.69) is 30.4 Å². The largest absolute Gasteiger partial charge is 0.487 e. The summed E-state index contributed by atoms with van der Waals surface area (Å²) in [5.41, 5.74) is 2.45. The van der Waals surface area contributed by atoms with Gasteiger partial charge < -0.3 is 14.8 Å². The molecule has 37 heavy (non-hydrogen) atoms. The summed E-state index contributed by atoms with van der Waals surface area (Å²) in [5.74, 6) is 2.38. The van der Waals surface area contributed by atoms with E-state index in [-0.39, 0.29) is 30.0 Å². The molecule has 3 aromatic heterocycles. The van der Waals surface area contributed by atoms with Crippen LogP contribution in [0.2, 0.25) is 0 Å². The molecule has 0 aromatic carbocycles. The highest BCUT2D eigenvalue weighted by atomic mass is 16.5. The van der Waals surface area contributed by atoms with Crippen molar-refractivity contribution in [2.75, 3.05) is 5.32 Å². The molecule has 2 atom stereocenters. The molecule has 1 saturated carbocycles. The summed E-state index contributed by atoms with van der Waals surface area (Å²) in [7, 11) is 1.88. The number of hydrogen-bond donors (Lipinski definition) is 1. The van der Waals surface area contributed by atoms with Crippen molar-refractivity contribution in [1.82, 2.24) is 34.7 Å². The Bertz CT molecular complexity index is 1230. The summed E-state index contributed by atoms with van der Waals surface area (Å²) >= 11 is 0. The number of rotatable bonds is 9. The van der Waals surface area contributed by atoms with Crippen molar-refractivity contribution >= 4 is 11.9 Å². The minimum absolute atomic E-state index is 0.0687. The molecule has 4 rings (SSSR count). The Labute approximate surface area is 217 Å². The smallest absolute Gasteiger partial charge is 0.309 e. The van der Waals surface area contributed by atoms with E-state index >= 15 is 0 Å². The number of anilines is 1. The van der Waals surface area contributed by atoms with Gasteiger partial charge in [-0.2, -0.15) is 10.1 Å². The highest BCUT2D eigenvalue weighted by molar-refractivity contribution is 5.72. The van der Waals surface area contributed by atoms with Crippen molar-refractivity contribution in [3.05, 3.63) is 35.9 Å². The first-order chi connectivity index (χ1) is 17.7. The number of carbonyl (C=O) groups excluding carboxylic acids is 1. The lowest BCUT2D eigenvalue weighted by Gasteiger charge is -2.29. The number of nitrogens with zero attached hydrogens (tertiary/aromatic N) is 7. The lowest BCUT2D eigenvalue weighted by atomic mass is 9.87. The van der Waals surface area contributed by atoms with Crippen molar-refractivity contribution in [1.29, 1.82) is 0 Å². The first-order valence-electron chi connectivity index (χ1n) is 12.9. The zero-order chi connectivity index (χ0) is 26.5. The Morgan fingerprint density at radius 2 is 1.95 bits per heavy atom. The van der Waals surface area contributed by atoms with E-state index in [0.29, 0.717) is 30.5 Å². The van der Waals surface area contributed by atoms with Crippen LogP contribution >= 0.6 is 0 Å². The lowest BCUT2D eigenvalue weighted by molar-refractivity contribution is -0.154. The third kappa shape index (κ3) is 6.58. The van der Waals surface area contributed by atoms with Crippen molar-refractivity contribution in [3.8, 4) is 17.1 Å². The fourth-order valence-electron chi connectivity index (χ4n) is 4.37. The average molecular weight is 509 g/mol. The summed E-state index contributed by atoms with van der Waals surface area (Å²) in [6, 6.07) is 0. The number of aryl methyl sites for hydroxylation is 2. The fraction of sp³-hybridized carbons (Fsp3) is 0.577. The van der Waals surface area contributed by atoms with E-state index in [1.165, 1.54) is 6.33 Å². The maximum absolute atomic E-state index is 12.4. The van der Waals surface area contributed by atoms with Gasteiger partial charge in [0, 0.05) is 13.0 Å². The molecule has 1 fully saturated rings. The Balaban J connectivity index is 1.44. The average Bonchev–Trinajstić information content (AvgIpc) is 3.24. The molecule has 1 aliphatic rings. The molecule has 0 aliphatic heterocycles. The molecular formula is C26H36N8O3. The molecule has 0 unspecified atom stereocenters. The van der Waals surface area contributed by atoms with Crippen molar-refractivity contribution < 1.29 is 14.3 Å². The van der Waals surface area contributed by atoms with Crippen LogP contribution in [0.25, 0.3) is 11.4 Å². The Hall–Kier alpha value is -3.63. The molecule has 11 heteroatoms. The number of carbonyl (C=O) groups is 1. The Morgan fingerprint density at radius 3 is 2.68 bits per heavy atom. The first kappa shape index (κ1) is 26.4. The number of aromatic nitrogens is 7. The quantitative estimate of drug-likeness (QED) is 0.423. The minimum atomic E-state index is -0.137. The Kier molecular flexibility index (Phi) is 8.30. The number of esters is 1. The van der Waals surface area contributed by atoms with Gasteiger partial charge in [-0.1, -0.05) is 13.8 Å². The molecule has 0 spiro atoms. The van der Waals surface area contributed by atoms with Crippen LogP contribution in [0.5, 0.6) is 5.75 Å². The lowest BCUT2D eigenvalue weighted by Crippen LogP contribution is -2.32. The molecule has 3 heterocycles. The predicted octanol–water partition coefficient (Wildman–Crippen LogP) is 4.00. The van der Waals surface area contributed by atoms with Gasteiger partial charge in [0.15, 0.2) is 11.6 Å². The van der Waals surface area contributed by atoms with Crippen molar-refractivity contribution in [2.45, 2.75) is 85.0 Å². The summed E-state index contributed by atoms with van der Waals surface area (Å²) in [4.78, 5) is 34.6. The second-order valence-corrected chi connectivity index (χ2v) is 10.0. The van der Waals surface area contributed by atoms with E-state index < -0.39 is 0 Å². The maximum Gasteiger partial charge on any atom is 0.309 e. The number of hydrogen-bond acceptors (Lipinski definition) is 10. The van der Waals surface area contributed by atoms with Crippen LogP contribution in [0.15, 0.2) is 18.7 Å². The highest BCUT2D eigenvalue weighted by Crippen LogP contribution is 2.30. The second kappa shape index (κ2) is 11.6. The van der Waals surface area contributed by atoms with Crippen LogP contribution in [0.1, 0.15) is 76.5 Å². The van der Waals surface area contributed by atoms with E-state index in [9.17, 15) is 4.79 Å². The van der Waals surface area contributed by atoms with Crippen molar-refractivity contribution in [2.24, 2.45) is 13.0 Å². The van der Waals surface area contributed by atoms with E-state index in [0.717, 1.165) is 42.0 Å². The second-order valence-electron chi connectivity index (χ2n) is 10.0. The summed E-state index contributed by atoms with van der Waals surface area (Å²) in [6.07, 6.45) is 8.08. The maximum atomic E-state index is 12.4. The standard InChI is InChI=1S/C26H36N8O3/c1-15(2)23-29-14-30-26(33-23)28-12-21-20(11-31-34(21)6)24-27-13-22(17(5)32-24)37-19-9-7-8-18(10-19)25(35)36-16(3)4/h11,13-16,18-19H,7-10,12H2,1-6H3,(H,28,29,30,33)/t18-,19-/m0/s1. The monoisotopic (exact) mass is 508 g/mol. The van der Waals surface area contributed by atoms with Crippen LogP contribution in [-0.2, 0) is 23.1 Å². The van der Waals surface area contributed by atoms with E-state index in [4.69, 9.17) is 14.5 Å². The van der Waals surface area contributed by atoms with Gasteiger partial charge >= 0.3 is 5.97 Å². The highest BCUT2D eigenvalue weighted by Gasteiger charge is 2.30. The topological polar surface area (TPSA) is 130 Å². The minimum Gasteiger partial charge on any atom is -0.487 e.